The van der Waals surface area contributed by atoms with Gasteiger partial charge in [0.15, 0.2) is 0 Å². The molecule has 0 unspecified atom stereocenters. The van der Waals surface area contributed by atoms with Crippen molar-refractivity contribution in [2.24, 2.45) is 11.8 Å². The van der Waals surface area contributed by atoms with E-state index in [-0.39, 0.29) is 0 Å². The molecule has 0 heteroatoms. The number of allylic oxidation sites excluding steroid dienone is 4. The van der Waals surface area contributed by atoms with E-state index in [1.807, 2.05) is 0 Å². The fourth-order valence-electron chi connectivity index (χ4n) is 3.69. The highest BCUT2D eigenvalue weighted by atomic mass is 14.3. The summed E-state index contributed by atoms with van der Waals surface area (Å²) < 4.78 is 0. The molecule has 0 fully saturated rings. The second-order valence-electron chi connectivity index (χ2n) is 5.84. The first-order valence-corrected chi connectivity index (χ1v) is 7.60. The van der Waals surface area contributed by atoms with Crippen LogP contribution in [0, 0.1) is 11.8 Å². The van der Waals surface area contributed by atoms with Gasteiger partial charge in [-0.3, -0.25) is 0 Å². The summed E-state index contributed by atoms with van der Waals surface area (Å²) in [6.45, 7) is 2.35. The van der Waals surface area contributed by atoms with Gasteiger partial charge in [-0.05, 0) is 33.1 Å². The first-order chi connectivity index (χ1) is 10.4. The molecule has 2 aliphatic rings. The summed E-state index contributed by atoms with van der Waals surface area (Å²) in [4.78, 5) is 0. The number of rotatable bonds is 1. The van der Waals surface area contributed by atoms with Gasteiger partial charge in [0.2, 0.25) is 0 Å². The van der Waals surface area contributed by atoms with Gasteiger partial charge in [0.1, 0.15) is 0 Å². The third-order valence-electron chi connectivity index (χ3n) is 4.67. The molecule has 102 valence electrons. The standard InChI is InChI=1S/C21H18/c1-15-17-11-5-6-12-18(17)19-13-7-8-14-20(19)21(15)16-9-3-2-4-10-16/h2-15,17H,1H3/t15-,17-/m1/s1. The Morgan fingerprint density at radius 3 is 2.29 bits per heavy atom. The lowest BCUT2D eigenvalue weighted by Crippen LogP contribution is -2.39. The molecule has 2 aliphatic carbocycles. The van der Waals surface area contributed by atoms with Gasteiger partial charge in [0.25, 0.3) is 0 Å². The zero-order valence-corrected chi connectivity index (χ0v) is 12.2. The highest BCUT2D eigenvalue weighted by Crippen LogP contribution is 2.36. The lowest BCUT2D eigenvalue weighted by atomic mass is 9.73. The van der Waals surface area contributed by atoms with Gasteiger partial charge < -0.3 is 0 Å². The molecule has 0 saturated carbocycles. The first kappa shape index (κ1) is 12.4. The molecule has 4 rings (SSSR count). The van der Waals surface area contributed by atoms with Crippen molar-refractivity contribution in [2.45, 2.75) is 6.92 Å². The zero-order chi connectivity index (χ0) is 14.2. The van der Waals surface area contributed by atoms with E-state index in [4.69, 9.17) is 0 Å². The maximum Gasteiger partial charge on any atom is 0.00937 e. The van der Waals surface area contributed by atoms with E-state index in [0.29, 0.717) is 11.8 Å². The fourth-order valence-corrected chi connectivity index (χ4v) is 3.69. The van der Waals surface area contributed by atoms with Crippen molar-refractivity contribution >= 4 is 11.1 Å². The second kappa shape index (κ2) is 4.89. The largest absolute Gasteiger partial charge is 0.0764 e. The SMILES string of the molecule is C[C@H]1C(c2ccccc2)=c2ccccc2=C2C=CC=C[C@@H]21. The Kier molecular flexibility index (Phi) is 2.89. The average Bonchev–Trinajstić information content (AvgIpc) is 2.56. The number of benzene rings is 2. The molecule has 0 amide bonds. The van der Waals surface area contributed by atoms with Crippen LogP contribution in [0.15, 0.2) is 78.9 Å². The summed E-state index contributed by atoms with van der Waals surface area (Å²) in [5, 5.41) is 2.78. The van der Waals surface area contributed by atoms with E-state index >= 15 is 0 Å². The van der Waals surface area contributed by atoms with Gasteiger partial charge in [0, 0.05) is 5.92 Å². The smallest absolute Gasteiger partial charge is 0.00937 e. The van der Waals surface area contributed by atoms with Gasteiger partial charge in [0.05, 0.1) is 0 Å². The predicted octanol–water partition coefficient (Wildman–Crippen LogP) is 3.43. The van der Waals surface area contributed by atoms with E-state index in [1.165, 1.54) is 27.1 Å². The van der Waals surface area contributed by atoms with Crippen molar-refractivity contribution in [3.63, 3.8) is 0 Å². The van der Waals surface area contributed by atoms with Crippen molar-refractivity contribution in [3.8, 4) is 0 Å². The molecule has 0 aromatic heterocycles. The van der Waals surface area contributed by atoms with E-state index in [0.717, 1.165) is 0 Å². The van der Waals surface area contributed by atoms with Crippen LogP contribution in [-0.2, 0) is 0 Å². The Labute approximate surface area is 125 Å². The van der Waals surface area contributed by atoms with E-state index in [9.17, 15) is 0 Å². The van der Waals surface area contributed by atoms with Crippen LogP contribution in [0.5, 0.6) is 0 Å². The van der Waals surface area contributed by atoms with Crippen molar-refractivity contribution < 1.29 is 0 Å². The summed E-state index contributed by atoms with van der Waals surface area (Å²) >= 11 is 0. The average molecular weight is 270 g/mol. The Hall–Kier alpha value is -2.34. The van der Waals surface area contributed by atoms with Crippen LogP contribution in [0.3, 0.4) is 0 Å². The van der Waals surface area contributed by atoms with Crippen LogP contribution in [0.4, 0.5) is 0 Å². The Balaban J connectivity index is 2.14. The second-order valence-corrected chi connectivity index (χ2v) is 5.84. The van der Waals surface area contributed by atoms with Crippen LogP contribution in [0.25, 0.3) is 11.1 Å². The molecule has 2 atom stereocenters. The molecule has 0 aliphatic heterocycles. The summed E-state index contributed by atoms with van der Waals surface area (Å²) in [7, 11) is 0. The monoisotopic (exact) mass is 270 g/mol. The predicted molar refractivity (Wildman–Crippen MR) is 89.0 cm³/mol. The molecular formula is C21H18. The minimum atomic E-state index is 0.486. The molecule has 21 heavy (non-hydrogen) atoms. The fraction of sp³-hybridized carbons (Fsp3) is 0.143. The van der Waals surface area contributed by atoms with Crippen LogP contribution in [-0.4, -0.2) is 0 Å². The maximum absolute atomic E-state index is 2.35. The van der Waals surface area contributed by atoms with Crippen molar-refractivity contribution in [2.75, 3.05) is 0 Å². The van der Waals surface area contributed by atoms with E-state index < -0.39 is 0 Å². The summed E-state index contributed by atoms with van der Waals surface area (Å²) in [5.41, 5.74) is 4.28. The van der Waals surface area contributed by atoms with Crippen LogP contribution in [0.2, 0.25) is 0 Å². The topological polar surface area (TPSA) is 0 Å². The normalized spacial score (nSPS) is 22.9. The number of hydrogen-bond donors (Lipinski definition) is 0. The maximum atomic E-state index is 2.35. The Morgan fingerprint density at radius 1 is 0.762 bits per heavy atom. The molecule has 0 saturated heterocycles. The van der Waals surface area contributed by atoms with Crippen LogP contribution < -0.4 is 10.4 Å². The van der Waals surface area contributed by atoms with Gasteiger partial charge in [-0.2, -0.15) is 0 Å². The summed E-state index contributed by atoms with van der Waals surface area (Å²) in [6.07, 6.45) is 8.96. The van der Waals surface area contributed by atoms with E-state index in [1.54, 1.807) is 0 Å². The molecule has 2 aromatic rings. The quantitative estimate of drug-likeness (QED) is 0.745. The van der Waals surface area contributed by atoms with Crippen LogP contribution in [0.1, 0.15) is 12.5 Å². The molecule has 0 bridgehead atoms. The third-order valence-corrected chi connectivity index (χ3v) is 4.67. The lowest BCUT2D eigenvalue weighted by molar-refractivity contribution is 0.632. The first-order valence-electron chi connectivity index (χ1n) is 7.60. The Morgan fingerprint density at radius 2 is 1.48 bits per heavy atom. The molecule has 2 aromatic carbocycles. The van der Waals surface area contributed by atoms with Crippen molar-refractivity contribution in [1.82, 2.24) is 0 Å². The molecule has 0 radical (unpaired) electrons. The van der Waals surface area contributed by atoms with Gasteiger partial charge in [-0.25, -0.2) is 0 Å². The third kappa shape index (κ3) is 1.91. The van der Waals surface area contributed by atoms with Gasteiger partial charge in [-0.15, -0.1) is 0 Å². The highest BCUT2D eigenvalue weighted by Gasteiger charge is 2.27. The minimum Gasteiger partial charge on any atom is -0.0764 e. The number of fused-ring (bicyclic) bond motifs is 2. The molecular weight excluding hydrogens is 252 g/mol. The molecule has 0 N–H and O–H groups in total. The van der Waals surface area contributed by atoms with Crippen molar-refractivity contribution in [1.29, 1.82) is 0 Å². The van der Waals surface area contributed by atoms with Crippen molar-refractivity contribution in [3.05, 3.63) is 94.9 Å². The highest BCUT2D eigenvalue weighted by molar-refractivity contribution is 5.77. The number of hydrogen-bond acceptors (Lipinski definition) is 0. The molecule has 0 spiro atoms. The lowest BCUT2D eigenvalue weighted by Gasteiger charge is -2.31. The summed E-state index contributed by atoms with van der Waals surface area (Å²) in [6, 6.07) is 19.6. The molecule has 0 heterocycles. The van der Waals surface area contributed by atoms with Crippen LogP contribution >= 0.6 is 0 Å². The summed E-state index contributed by atoms with van der Waals surface area (Å²) in [5.74, 6) is 0.985. The Bertz CT molecular complexity index is 850. The minimum absolute atomic E-state index is 0.486. The zero-order valence-electron chi connectivity index (χ0n) is 12.2. The van der Waals surface area contributed by atoms with Gasteiger partial charge in [-0.1, -0.05) is 85.8 Å². The van der Waals surface area contributed by atoms with E-state index in [2.05, 4.69) is 85.8 Å². The van der Waals surface area contributed by atoms with Gasteiger partial charge >= 0.3 is 0 Å². The molecule has 0 nitrogen and oxygen atoms in total.